The molecule has 12 heteroatoms. The van der Waals surface area contributed by atoms with Gasteiger partial charge in [0.1, 0.15) is 47.0 Å². The van der Waals surface area contributed by atoms with Crippen LogP contribution in [0.3, 0.4) is 0 Å². The van der Waals surface area contributed by atoms with Gasteiger partial charge in [-0.15, -0.1) is 0 Å². The van der Waals surface area contributed by atoms with Crippen molar-refractivity contribution in [1.29, 1.82) is 10.5 Å². The highest BCUT2D eigenvalue weighted by molar-refractivity contribution is 6.00. The molecule has 60 heavy (non-hydrogen) atoms. The van der Waals surface area contributed by atoms with Crippen molar-refractivity contribution < 1.29 is 47.6 Å². The van der Waals surface area contributed by atoms with Crippen molar-refractivity contribution in [3.8, 4) is 23.6 Å². The number of rotatable bonds is 10. The minimum absolute atomic E-state index is 0.0446. The molecule has 0 N–H and O–H groups in total. The highest BCUT2D eigenvalue weighted by Gasteiger charge is 2.51. The standard InChI is InChI=1S/C48H44N2O10/c49-25-37(21-29-11-13-35-23-39(17-15-33(35)19-29)57-45(51)31-7-3-1-4-8-31)47(53)59-41-27-55-44-42(28-56-43(41)44)60-48(54)38(26-50)22-30-12-14-36-24-40(18-16-34(36)20-30)58-46(52)32-9-5-2-6-10-32/h11-24,31-32,41-44H,1-10,27-28H2/b37-21+,38-22+/t41-,42+,43-,44-/m1/s1. The minimum atomic E-state index is -0.867. The summed E-state index contributed by atoms with van der Waals surface area (Å²) in [7, 11) is 0. The summed E-state index contributed by atoms with van der Waals surface area (Å²) in [5.74, 6) is -1.30. The Morgan fingerprint density at radius 1 is 0.533 bits per heavy atom. The third-order valence-corrected chi connectivity index (χ3v) is 11.8. The molecule has 12 nitrogen and oxygen atoms in total. The van der Waals surface area contributed by atoms with Gasteiger partial charge in [-0.3, -0.25) is 9.59 Å². The van der Waals surface area contributed by atoms with Gasteiger partial charge in [0.25, 0.3) is 0 Å². The molecule has 4 atom stereocenters. The summed E-state index contributed by atoms with van der Waals surface area (Å²) >= 11 is 0. The zero-order valence-corrected chi connectivity index (χ0v) is 33.0. The Labute approximate surface area is 347 Å². The predicted molar refractivity (Wildman–Crippen MR) is 219 cm³/mol. The summed E-state index contributed by atoms with van der Waals surface area (Å²) in [6.45, 7) is -0.0893. The Morgan fingerprint density at radius 2 is 0.917 bits per heavy atom. The quantitative estimate of drug-likeness (QED) is 0.0654. The van der Waals surface area contributed by atoms with E-state index in [9.17, 15) is 29.7 Å². The van der Waals surface area contributed by atoms with Crippen LogP contribution in [-0.4, -0.2) is 61.5 Å². The number of ether oxygens (including phenoxy) is 6. The molecule has 0 aromatic heterocycles. The molecule has 8 rings (SSSR count). The van der Waals surface area contributed by atoms with Crippen LogP contribution in [0.25, 0.3) is 33.7 Å². The van der Waals surface area contributed by atoms with Gasteiger partial charge < -0.3 is 28.4 Å². The van der Waals surface area contributed by atoms with Crippen LogP contribution in [0.15, 0.2) is 83.9 Å². The van der Waals surface area contributed by atoms with Gasteiger partial charge in [-0.25, -0.2) is 9.59 Å². The van der Waals surface area contributed by atoms with Crippen molar-refractivity contribution in [3.63, 3.8) is 0 Å². The van der Waals surface area contributed by atoms with E-state index in [1.165, 1.54) is 12.2 Å². The smallest absolute Gasteiger partial charge is 0.349 e. The van der Waals surface area contributed by atoms with E-state index in [0.717, 1.165) is 85.8 Å². The van der Waals surface area contributed by atoms with Gasteiger partial charge in [-0.2, -0.15) is 10.5 Å². The first-order chi connectivity index (χ1) is 29.2. The van der Waals surface area contributed by atoms with Crippen LogP contribution in [0.1, 0.15) is 75.3 Å². The van der Waals surface area contributed by atoms with Crippen molar-refractivity contribution >= 4 is 57.6 Å². The first-order valence-corrected chi connectivity index (χ1v) is 20.6. The molecule has 2 aliphatic carbocycles. The third-order valence-electron chi connectivity index (χ3n) is 11.8. The summed E-state index contributed by atoms with van der Waals surface area (Å²) in [5, 5.41) is 23.1. The molecular weight excluding hydrogens is 765 g/mol. The van der Waals surface area contributed by atoms with Crippen LogP contribution >= 0.6 is 0 Å². The molecule has 2 heterocycles. The molecule has 306 valence electrons. The lowest BCUT2D eigenvalue weighted by Gasteiger charge is -2.19. The molecule has 0 amide bonds. The Balaban J connectivity index is 0.855. The van der Waals surface area contributed by atoms with Gasteiger partial charge >= 0.3 is 23.9 Å². The Hall–Kier alpha value is -6.34. The molecule has 4 fully saturated rings. The van der Waals surface area contributed by atoms with Crippen LogP contribution in [0.5, 0.6) is 11.5 Å². The molecule has 4 aromatic carbocycles. The maximum absolute atomic E-state index is 13.2. The lowest BCUT2D eigenvalue weighted by molar-refractivity contribution is -0.150. The molecule has 4 aliphatic rings. The zero-order valence-electron chi connectivity index (χ0n) is 33.0. The Bertz CT molecular complexity index is 2290. The van der Waals surface area contributed by atoms with E-state index in [-0.39, 0.29) is 48.1 Å². The van der Waals surface area contributed by atoms with Gasteiger partial charge in [0.15, 0.2) is 12.2 Å². The predicted octanol–water partition coefficient (Wildman–Crippen LogP) is 8.10. The van der Waals surface area contributed by atoms with E-state index in [1.807, 2.05) is 48.5 Å². The first-order valence-electron chi connectivity index (χ1n) is 20.6. The molecule has 2 saturated heterocycles. The van der Waals surface area contributed by atoms with Crippen molar-refractivity contribution in [2.45, 2.75) is 88.6 Å². The van der Waals surface area contributed by atoms with Crippen molar-refractivity contribution in [1.82, 2.24) is 0 Å². The zero-order chi connectivity index (χ0) is 41.6. The second-order valence-electron chi connectivity index (χ2n) is 15.9. The molecule has 2 saturated carbocycles. The van der Waals surface area contributed by atoms with E-state index >= 15 is 0 Å². The molecule has 2 aliphatic heterocycles. The average molecular weight is 809 g/mol. The van der Waals surface area contributed by atoms with Crippen LogP contribution in [0, 0.1) is 34.5 Å². The summed E-state index contributed by atoms with van der Waals surface area (Å²) in [6, 6.07) is 25.3. The largest absolute Gasteiger partial charge is 0.453 e. The molecule has 0 unspecified atom stereocenters. The number of hydrogen-bond donors (Lipinski definition) is 0. The maximum atomic E-state index is 13.2. The number of carbonyl (C=O) groups is 4. The van der Waals surface area contributed by atoms with E-state index in [2.05, 4.69) is 0 Å². The van der Waals surface area contributed by atoms with E-state index < -0.39 is 36.4 Å². The average Bonchev–Trinajstić information content (AvgIpc) is 3.87. The first kappa shape index (κ1) is 40.4. The lowest BCUT2D eigenvalue weighted by atomic mass is 9.89. The van der Waals surface area contributed by atoms with E-state index in [0.29, 0.717) is 22.6 Å². The minimum Gasteiger partial charge on any atom is -0.453 e. The van der Waals surface area contributed by atoms with Crippen molar-refractivity contribution in [2.75, 3.05) is 13.2 Å². The summed E-state index contributed by atoms with van der Waals surface area (Å²) < 4.78 is 34.4. The fourth-order valence-corrected chi connectivity index (χ4v) is 8.51. The second kappa shape index (κ2) is 18.3. The summed E-state index contributed by atoms with van der Waals surface area (Å²) in [6.07, 6.45) is 9.49. The van der Waals surface area contributed by atoms with E-state index in [1.54, 1.807) is 36.4 Å². The van der Waals surface area contributed by atoms with Crippen LogP contribution in [0.4, 0.5) is 0 Å². The second-order valence-corrected chi connectivity index (χ2v) is 15.9. The SMILES string of the molecule is N#C/C(=C\c1ccc2cc(OC(=O)C3CCCCC3)ccc2c1)C(=O)O[C@H]1CO[C@H]2[C@@H]1OC[C@H]2OC(=O)/C(C#N)=C/c1ccc2cc(OC(=O)C3CCCCC3)ccc2c1. The Morgan fingerprint density at radius 3 is 1.32 bits per heavy atom. The van der Waals surface area contributed by atoms with Crippen LogP contribution in [0.2, 0.25) is 0 Å². The monoisotopic (exact) mass is 808 g/mol. The van der Waals surface area contributed by atoms with Crippen LogP contribution < -0.4 is 9.47 Å². The number of nitriles is 2. The molecule has 0 radical (unpaired) electrons. The number of carbonyl (C=O) groups excluding carboxylic acids is 4. The van der Waals surface area contributed by atoms with Gasteiger partial charge in [0.2, 0.25) is 0 Å². The van der Waals surface area contributed by atoms with Gasteiger partial charge in [0.05, 0.1) is 25.0 Å². The summed E-state index contributed by atoms with van der Waals surface area (Å²) in [5.41, 5.74) is 0.735. The van der Waals surface area contributed by atoms with Gasteiger partial charge in [-0.05, 0) is 107 Å². The normalized spacial score (nSPS) is 22.4. The molecular formula is C48H44N2O10. The van der Waals surface area contributed by atoms with Crippen molar-refractivity contribution in [2.24, 2.45) is 11.8 Å². The number of benzene rings is 4. The molecule has 0 spiro atoms. The fraction of sp³-hybridized carbons (Fsp3) is 0.375. The van der Waals surface area contributed by atoms with Crippen molar-refractivity contribution in [3.05, 3.63) is 95.1 Å². The number of esters is 4. The van der Waals surface area contributed by atoms with E-state index in [4.69, 9.17) is 28.4 Å². The topological polar surface area (TPSA) is 171 Å². The number of nitrogens with zero attached hydrogens (tertiary/aromatic N) is 2. The van der Waals surface area contributed by atoms with Crippen LogP contribution in [-0.2, 0) is 38.1 Å². The fourth-order valence-electron chi connectivity index (χ4n) is 8.51. The Kier molecular flexibility index (Phi) is 12.3. The maximum Gasteiger partial charge on any atom is 0.349 e. The molecule has 0 bridgehead atoms. The molecule has 4 aromatic rings. The number of fused-ring (bicyclic) bond motifs is 3. The summed E-state index contributed by atoms with van der Waals surface area (Å²) in [4.78, 5) is 51.7. The number of hydrogen-bond acceptors (Lipinski definition) is 12. The third kappa shape index (κ3) is 9.26. The van der Waals surface area contributed by atoms with Gasteiger partial charge in [0, 0.05) is 0 Å². The highest BCUT2D eigenvalue weighted by Crippen LogP contribution is 2.33. The highest BCUT2D eigenvalue weighted by atomic mass is 16.7. The van der Waals surface area contributed by atoms with Gasteiger partial charge in [-0.1, -0.05) is 74.9 Å². The lowest BCUT2D eigenvalue weighted by Crippen LogP contribution is -2.36.